The van der Waals surface area contributed by atoms with E-state index in [1.165, 1.54) is 12.1 Å². The van der Waals surface area contributed by atoms with Gasteiger partial charge in [-0.25, -0.2) is 8.42 Å². The molecule has 1 atom stereocenters. The molecule has 1 unspecified atom stereocenters. The molecule has 9 nitrogen and oxygen atoms in total. The van der Waals surface area contributed by atoms with Gasteiger partial charge in [-0.05, 0) is 38.3 Å². The van der Waals surface area contributed by atoms with Gasteiger partial charge in [-0.3, -0.25) is 0 Å². The van der Waals surface area contributed by atoms with E-state index in [9.17, 15) is 8.42 Å². The van der Waals surface area contributed by atoms with Gasteiger partial charge < -0.3 is 19.7 Å². The van der Waals surface area contributed by atoms with Crippen molar-refractivity contribution < 1.29 is 22.4 Å². The summed E-state index contributed by atoms with van der Waals surface area (Å²) in [6, 6.07) is 3.83. The summed E-state index contributed by atoms with van der Waals surface area (Å²) in [6.45, 7) is 2.66. The zero-order valence-electron chi connectivity index (χ0n) is 15.0. The number of nitrogens with one attached hydrogen (secondary N) is 1. The highest BCUT2D eigenvalue weighted by Crippen LogP contribution is 2.37. The molecular formula is C17H22N4O5S. The molecule has 2 aliphatic rings. The highest BCUT2D eigenvalue weighted by molar-refractivity contribution is 7.89. The average Bonchev–Trinajstić information content (AvgIpc) is 2.99. The Morgan fingerprint density at radius 1 is 1.19 bits per heavy atom. The van der Waals surface area contributed by atoms with Crippen LogP contribution in [0.2, 0.25) is 0 Å². The Hall–Kier alpha value is -2.17. The molecule has 1 aliphatic heterocycles. The first-order valence-electron chi connectivity index (χ1n) is 8.92. The second-order valence-corrected chi connectivity index (χ2v) is 8.68. The highest BCUT2D eigenvalue weighted by atomic mass is 32.2. The number of benzene rings is 1. The van der Waals surface area contributed by atoms with E-state index in [0.717, 1.165) is 25.7 Å². The van der Waals surface area contributed by atoms with Gasteiger partial charge in [0.05, 0.1) is 29.7 Å². The molecule has 0 radical (unpaired) electrons. The predicted octanol–water partition coefficient (Wildman–Crippen LogP) is 1.61. The first-order valence-corrected chi connectivity index (χ1v) is 10.4. The van der Waals surface area contributed by atoms with Gasteiger partial charge in [0, 0.05) is 12.5 Å². The molecule has 10 heteroatoms. The fraction of sp³-hybridized carbons (Fsp3) is 0.529. The molecule has 1 saturated carbocycles. The largest absolute Gasteiger partial charge is 0.490 e. The summed E-state index contributed by atoms with van der Waals surface area (Å²) in [7, 11) is -3.82. The van der Waals surface area contributed by atoms with Crippen molar-refractivity contribution in [3.8, 4) is 11.5 Å². The third-order valence-corrected chi connectivity index (χ3v) is 6.40. The highest BCUT2D eigenvalue weighted by Gasteiger charge is 2.39. The second kappa shape index (κ2) is 6.77. The Bertz CT molecular complexity index is 939. The minimum absolute atomic E-state index is 0.0765. The number of ether oxygens (including phenoxy) is 2. The zero-order chi connectivity index (χ0) is 19.1. The molecule has 1 aromatic heterocycles. The van der Waals surface area contributed by atoms with E-state index < -0.39 is 21.6 Å². The number of nitrogens with zero attached hydrogens (tertiary/aromatic N) is 2. The van der Waals surface area contributed by atoms with Crippen molar-refractivity contribution >= 4 is 10.0 Å². The Morgan fingerprint density at radius 2 is 1.93 bits per heavy atom. The molecule has 0 bridgehead atoms. The van der Waals surface area contributed by atoms with Gasteiger partial charge >= 0.3 is 0 Å². The smallest absolute Gasteiger partial charge is 0.244 e. The van der Waals surface area contributed by atoms with Crippen LogP contribution in [0.1, 0.15) is 50.4 Å². The standard InChI is InChI=1S/C17H22N4O5S/c1-11(15-19-16(20-26-15)17(18)6-2-7-17)21-27(22,23)12-4-5-13-14(10-12)25-9-3-8-24-13/h4-5,10-11,21H,2-3,6-9,18H2,1H3. The van der Waals surface area contributed by atoms with E-state index in [-0.39, 0.29) is 10.8 Å². The van der Waals surface area contributed by atoms with Crippen molar-refractivity contribution in [2.24, 2.45) is 5.73 Å². The van der Waals surface area contributed by atoms with E-state index in [1.807, 2.05) is 0 Å². The van der Waals surface area contributed by atoms with Crippen LogP contribution in [-0.4, -0.2) is 31.8 Å². The maximum absolute atomic E-state index is 12.7. The van der Waals surface area contributed by atoms with Crippen LogP contribution in [-0.2, 0) is 15.6 Å². The number of sulfonamides is 1. The van der Waals surface area contributed by atoms with Gasteiger partial charge in [0.25, 0.3) is 0 Å². The summed E-state index contributed by atoms with van der Waals surface area (Å²) in [5.74, 6) is 1.55. The molecule has 0 amide bonds. The molecule has 3 N–H and O–H groups in total. The molecule has 1 fully saturated rings. The van der Waals surface area contributed by atoms with Gasteiger partial charge in [-0.2, -0.15) is 9.71 Å². The normalized spacial score (nSPS) is 19.8. The predicted molar refractivity (Wildman–Crippen MR) is 94.8 cm³/mol. The number of nitrogens with two attached hydrogens (primary N) is 1. The van der Waals surface area contributed by atoms with Gasteiger partial charge in [0.15, 0.2) is 17.3 Å². The van der Waals surface area contributed by atoms with Crippen LogP contribution in [0.15, 0.2) is 27.6 Å². The van der Waals surface area contributed by atoms with Gasteiger partial charge in [0.1, 0.15) is 0 Å². The van der Waals surface area contributed by atoms with Crippen molar-refractivity contribution in [2.45, 2.75) is 49.1 Å². The third kappa shape index (κ3) is 3.52. The summed E-state index contributed by atoms with van der Waals surface area (Å²) in [4.78, 5) is 4.37. The van der Waals surface area contributed by atoms with Crippen LogP contribution in [0.5, 0.6) is 11.5 Å². The third-order valence-electron chi connectivity index (χ3n) is 4.86. The average molecular weight is 394 g/mol. The van der Waals surface area contributed by atoms with Crippen LogP contribution in [0, 0.1) is 0 Å². The molecule has 1 aliphatic carbocycles. The number of aromatic nitrogens is 2. The van der Waals surface area contributed by atoms with Crippen LogP contribution in [0.3, 0.4) is 0 Å². The lowest BCUT2D eigenvalue weighted by atomic mass is 9.77. The first kappa shape index (κ1) is 18.2. The number of rotatable bonds is 5. The van der Waals surface area contributed by atoms with Crippen molar-refractivity contribution in [2.75, 3.05) is 13.2 Å². The lowest BCUT2D eigenvalue weighted by molar-refractivity contribution is 0.228. The first-order chi connectivity index (χ1) is 12.9. The topological polar surface area (TPSA) is 130 Å². The summed E-state index contributed by atoms with van der Waals surface area (Å²) in [5.41, 5.74) is 5.62. The summed E-state index contributed by atoms with van der Waals surface area (Å²) in [6.07, 6.45) is 3.35. The molecule has 0 saturated heterocycles. The molecular weight excluding hydrogens is 372 g/mol. The lowest BCUT2D eigenvalue weighted by Crippen LogP contribution is -2.44. The van der Waals surface area contributed by atoms with E-state index in [4.69, 9.17) is 19.7 Å². The fourth-order valence-electron chi connectivity index (χ4n) is 3.06. The van der Waals surface area contributed by atoms with Crippen LogP contribution in [0.4, 0.5) is 0 Å². The summed E-state index contributed by atoms with van der Waals surface area (Å²) >= 11 is 0. The number of hydrogen-bond acceptors (Lipinski definition) is 8. The van der Waals surface area contributed by atoms with Gasteiger partial charge in [-0.15, -0.1) is 0 Å². The quantitative estimate of drug-likeness (QED) is 0.782. The maximum atomic E-state index is 12.7. The fourth-order valence-corrected chi connectivity index (χ4v) is 4.27. The molecule has 0 spiro atoms. The van der Waals surface area contributed by atoms with E-state index >= 15 is 0 Å². The van der Waals surface area contributed by atoms with Crippen molar-refractivity contribution in [1.82, 2.24) is 14.9 Å². The van der Waals surface area contributed by atoms with Gasteiger partial charge in [0.2, 0.25) is 15.9 Å². The number of hydrogen-bond donors (Lipinski definition) is 2. The Balaban J connectivity index is 1.52. The van der Waals surface area contributed by atoms with Crippen LogP contribution >= 0.6 is 0 Å². The van der Waals surface area contributed by atoms with Crippen LogP contribution in [0.25, 0.3) is 0 Å². The van der Waals surface area contributed by atoms with Gasteiger partial charge in [-0.1, -0.05) is 5.16 Å². The van der Waals surface area contributed by atoms with Crippen LogP contribution < -0.4 is 19.9 Å². The minimum Gasteiger partial charge on any atom is -0.490 e. The second-order valence-electron chi connectivity index (χ2n) is 6.97. The summed E-state index contributed by atoms with van der Waals surface area (Å²) in [5, 5.41) is 3.92. The van der Waals surface area contributed by atoms with E-state index in [2.05, 4.69) is 14.9 Å². The molecule has 4 rings (SSSR count). The monoisotopic (exact) mass is 394 g/mol. The molecule has 2 aromatic rings. The Labute approximate surface area is 157 Å². The van der Waals surface area contributed by atoms with E-state index in [1.54, 1.807) is 13.0 Å². The maximum Gasteiger partial charge on any atom is 0.244 e. The van der Waals surface area contributed by atoms with E-state index in [0.29, 0.717) is 30.5 Å². The molecule has 27 heavy (non-hydrogen) atoms. The molecule has 2 heterocycles. The molecule has 146 valence electrons. The minimum atomic E-state index is -3.82. The Morgan fingerprint density at radius 3 is 2.63 bits per heavy atom. The SMILES string of the molecule is CC(NS(=O)(=O)c1ccc2c(c1)OCCCO2)c1nc(C2(N)CCC2)no1. The zero-order valence-corrected chi connectivity index (χ0v) is 15.8. The Kier molecular flexibility index (Phi) is 4.57. The lowest BCUT2D eigenvalue weighted by Gasteiger charge is -2.34. The molecule has 1 aromatic carbocycles. The van der Waals surface area contributed by atoms with Crippen molar-refractivity contribution in [3.05, 3.63) is 29.9 Å². The van der Waals surface area contributed by atoms with Crippen molar-refractivity contribution in [3.63, 3.8) is 0 Å². The number of fused-ring (bicyclic) bond motifs is 1. The summed E-state index contributed by atoms with van der Waals surface area (Å²) < 4.78 is 44.3. The van der Waals surface area contributed by atoms with Crippen molar-refractivity contribution in [1.29, 1.82) is 0 Å².